The molecule has 2 aromatic rings. The lowest BCUT2D eigenvalue weighted by Gasteiger charge is -2.37. The van der Waals surface area contributed by atoms with E-state index in [2.05, 4.69) is 34.2 Å². The van der Waals surface area contributed by atoms with Crippen LogP contribution in [0.5, 0.6) is 23.0 Å². The maximum Gasteiger partial charge on any atom is 0.203 e. The third kappa shape index (κ3) is 6.72. The van der Waals surface area contributed by atoms with Crippen molar-refractivity contribution in [1.29, 1.82) is 0 Å². The number of benzene rings is 2. The van der Waals surface area contributed by atoms with Crippen molar-refractivity contribution in [3.63, 3.8) is 0 Å². The van der Waals surface area contributed by atoms with Gasteiger partial charge < -0.3 is 34.1 Å². The SMILES string of the molecule is CCNC(=NCc1cc(OC)c(OC)c(OC)c1)N1CCN(c2ccc(OC)cc2)CC1.I. The number of nitrogens with one attached hydrogen (secondary N) is 1. The van der Waals surface area contributed by atoms with E-state index in [-0.39, 0.29) is 24.0 Å². The molecule has 0 saturated carbocycles. The number of guanidine groups is 1. The smallest absolute Gasteiger partial charge is 0.203 e. The summed E-state index contributed by atoms with van der Waals surface area (Å²) < 4.78 is 21.6. The summed E-state index contributed by atoms with van der Waals surface area (Å²) >= 11 is 0. The maximum absolute atomic E-state index is 5.47. The Balaban J connectivity index is 0.00000385. The van der Waals surface area contributed by atoms with Gasteiger partial charge in [0.05, 0.1) is 35.0 Å². The topological polar surface area (TPSA) is 67.8 Å². The highest BCUT2D eigenvalue weighted by atomic mass is 127. The van der Waals surface area contributed by atoms with Crippen molar-refractivity contribution in [2.75, 3.05) is 66.1 Å². The van der Waals surface area contributed by atoms with E-state index in [9.17, 15) is 0 Å². The zero-order valence-electron chi connectivity index (χ0n) is 20.1. The molecule has 33 heavy (non-hydrogen) atoms. The molecule has 0 amide bonds. The quantitative estimate of drug-likeness (QED) is 0.296. The third-order valence-corrected chi connectivity index (χ3v) is 5.49. The summed E-state index contributed by atoms with van der Waals surface area (Å²) in [4.78, 5) is 9.57. The van der Waals surface area contributed by atoms with Crippen LogP contribution in [-0.4, -0.2) is 72.0 Å². The molecule has 8 nitrogen and oxygen atoms in total. The molecule has 0 bridgehead atoms. The van der Waals surface area contributed by atoms with Gasteiger partial charge in [-0.1, -0.05) is 0 Å². The van der Waals surface area contributed by atoms with Crippen LogP contribution in [0.1, 0.15) is 12.5 Å². The minimum absolute atomic E-state index is 0. The van der Waals surface area contributed by atoms with Gasteiger partial charge in [-0.25, -0.2) is 4.99 Å². The monoisotopic (exact) mass is 570 g/mol. The Hall–Kier alpha value is -2.56. The zero-order chi connectivity index (χ0) is 22.9. The van der Waals surface area contributed by atoms with Crippen molar-refractivity contribution < 1.29 is 18.9 Å². The number of piperazine rings is 1. The van der Waals surface area contributed by atoms with Crippen LogP contribution in [0.15, 0.2) is 41.4 Å². The average Bonchev–Trinajstić information content (AvgIpc) is 2.86. The normalized spacial score (nSPS) is 13.8. The molecule has 1 heterocycles. The number of aliphatic imine (C=N–C) groups is 1. The van der Waals surface area contributed by atoms with E-state index in [4.69, 9.17) is 23.9 Å². The molecule has 1 N–H and O–H groups in total. The summed E-state index contributed by atoms with van der Waals surface area (Å²) in [5.74, 6) is 3.64. The predicted octanol–water partition coefficient (Wildman–Crippen LogP) is 3.63. The van der Waals surface area contributed by atoms with Gasteiger partial charge >= 0.3 is 0 Å². The summed E-state index contributed by atoms with van der Waals surface area (Å²) in [6, 6.07) is 12.1. The fourth-order valence-electron chi connectivity index (χ4n) is 3.79. The first-order valence-corrected chi connectivity index (χ1v) is 10.8. The summed E-state index contributed by atoms with van der Waals surface area (Å²) in [5.41, 5.74) is 2.21. The molecule has 1 aliphatic heterocycles. The summed E-state index contributed by atoms with van der Waals surface area (Å²) in [6.07, 6.45) is 0. The third-order valence-electron chi connectivity index (χ3n) is 5.49. The number of ether oxygens (including phenoxy) is 4. The van der Waals surface area contributed by atoms with Crippen LogP contribution < -0.4 is 29.2 Å². The van der Waals surface area contributed by atoms with E-state index in [0.717, 1.165) is 50.0 Å². The number of hydrogen-bond acceptors (Lipinski definition) is 6. The van der Waals surface area contributed by atoms with Gasteiger partial charge in [-0.3, -0.25) is 0 Å². The Labute approximate surface area is 213 Å². The molecule has 2 aromatic carbocycles. The molecule has 0 aromatic heterocycles. The Morgan fingerprint density at radius 2 is 1.48 bits per heavy atom. The van der Waals surface area contributed by atoms with Crippen molar-refractivity contribution in [3.8, 4) is 23.0 Å². The fourth-order valence-corrected chi connectivity index (χ4v) is 3.79. The van der Waals surface area contributed by atoms with Gasteiger partial charge in [0.15, 0.2) is 17.5 Å². The molecule has 0 aliphatic carbocycles. The van der Waals surface area contributed by atoms with Gasteiger partial charge in [-0.05, 0) is 48.9 Å². The molecule has 1 aliphatic rings. The number of anilines is 1. The second-order valence-corrected chi connectivity index (χ2v) is 7.38. The molecule has 9 heteroatoms. The first kappa shape index (κ1) is 26.7. The summed E-state index contributed by atoms with van der Waals surface area (Å²) in [7, 11) is 6.54. The summed E-state index contributed by atoms with van der Waals surface area (Å²) in [5, 5.41) is 3.43. The highest BCUT2D eigenvalue weighted by molar-refractivity contribution is 14.0. The lowest BCUT2D eigenvalue weighted by atomic mass is 10.2. The van der Waals surface area contributed by atoms with Crippen LogP contribution in [-0.2, 0) is 6.54 Å². The number of hydrogen-bond donors (Lipinski definition) is 1. The van der Waals surface area contributed by atoms with E-state index in [1.165, 1.54) is 5.69 Å². The van der Waals surface area contributed by atoms with Crippen molar-refractivity contribution in [2.45, 2.75) is 13.5 Å². The Bertz CT molecular complexity index is 875. The molecule has 1 fully saturated rings. The highest BCUT2D eigenvalue weighted by Crippen LogP contribution is 2.38. The largest absolute Gasteiger partial charge is 0.497 e. The standard InChI is InChI=1S/C24H34N4O4.HI/c1-6-25-24(26-17-18-15-21(30-3)23(32-5)22(16-18)31-4)28-13-11-27(12-14-28)19-7-9-20(29-2)10-8-19;/h7-10,15-16H,6,11-14,17H2,1-5H3,(H,25,26);1H. The van der Waals surface area contributed by atoms with Crippen LogP contribution in [0, 0.1) is 0 Å². The first-order chi connectivity index (χ1) is 15.6. The molecule has 0 unspecified atom stereocenters. The van der Waals surface area contributed by atoms with E-state index in [1.807, 2.05) is 24.3 Å². The first-order valence-electron chi connectivity index (χ1n) is 10.8. The molecule has 3 rings (SSSR count). The maximum atomic E-state index is 5.47. The van der Waals surface area contributed by atoms with Crippen LogP contribution in [0.2, 0.25) is 0 Å². The second-order valence-electron chi connectivity index (χ2n) is 7.38. The van der Waals surface area contributed by atoms with E-state index < -0.39 is 0 Å². The van der Waals surface area contributed by atoms with Gasteiger partial charge in [-0.2, -0.15) is 0 Å². The van der Waals surface area contributed by atoms with Gasteiger partial charge in [0.1, 0.15) is 5.75 Å². The highest BCUT2D eigenvalue weighted by Gasteiger charge is 2.20. The Kier molecular flexibility index (Phi) is 10.7. The fraction of sp³-hybridized carbons (Fsp3) is 0.458. The average molecular weight is 570 g/mol. The molecule has 0 atom stereocenters. The zero-order valence-corrected chi connectivity index (χ0v) is 22.4. The minimum Gasteiger partial charge on any atom is -0.497 e. The predicted molar refractivity (Wildman–Crippen MR) is 143 cm³/mol. The van der Waals surface area contributed by atoms with E-state index in [0.29, 0.717) is 23.8 Å². The molecular weight excluding hydrogens is 535 g/mol. The van der Waals surface area contributed by atoms with Crippen molar-refractivity contribution in [3.05, 3.63) is 42.0 Å². The van der Waals surface area contributed by atoms with Gasteiger partial charge in [-0.15, -0.1) is 24.0 Å². The van der Waals surface area contributed by atoms with Gasteiger partial charge in [0.2, 0.25) is 5.75 Å². The number of methoxy groups -OCH3 is 4. The van der Waals surface area contributed by atoms with Crippen LogP contribution in [0.4, 0.5) is 5.69 Å². The Morgan fingerprint density at radius 3 is 1.97 bits per heavy atom. The molecule has 1 saturated heterocycles. The van der Waals surface area contributed by atoms with Crippen LogP contribution >= 0.6 is 24.0 Å². The molecule has 0 radical (unpaired) electrons. The van der Waals surface area contributed by atoms with Crippen molar-refractivity contribution in [1.82, 2.24) is 10.2 Å². The molecule has 182 valence electrons. The van der Waals surface area contributed by atoms with Gasteiger partial charge in [0.25, 0.3) is 0 Å². The lowest BCUT2D eigenvalue weighted by molar-refractivity contribution is 0.324. The second kappa shape index (κ2) is 13.2. The number of halogens is 1. The summed E-state index contributed by atoms with van der Waals surface area (Å²) in [6.45, 7) is 7.06. The van der Waals surface area contributed by atoms with Crippen LogP contribution in [0.25, 0.3) is 0 Å². The number of nitrogens with zero attached hydrogens (tertiary/aromatic N) is 3. The number of rotatable bonds is 8. The lowest BCUT2D eigenvalue weighted by Crippen LogP contribution is -2.52. The van der Waals surface area contributed by atoms with Crippen molar-refractivity contribution in [2.24, 2.45) is 4.99 Å². The van der Waals surface area contributed by atoms with Crippen LogP contribution in [0.3, 0.4) is 0 Å². The molecular formula is C24H35IN4O4. The van der Waals surface area contributed by atoms with E-state index in [1.54, 1.807) is 28.4 Å². The van der Waals surface area contributed by atoms with Crippen molar-refractivity contribution >= 4 is 35.6 Å². The van der Waals surface area contributed by atoms with Gasteiger partial charge in [0, 0.05) is 38.4 Å². The van der Waals surface area contributed by atoms with E-state index >= 15 is 0 Å². The molecule has 0 spiro atoms. The minimum atomic E-state index is 0. The Morgan fingerprint density at radius 1 is 0.879 bits per heavy atom.